The van der Waals surface area contributed by atoms with E-state index in [2.05, 4.69) is 15.9 Å². The van der Waals surface area contributed by atoms with E-state index in [1.165, 1.54) is 0 Å². The Morgan fingerprint density at radius 3 is 2.26 bits per heavy atom. The summed E-state index contributed by atoms with van der Waals surface area (Å²) in [6.45, 7) is -0.469. The zero-order chi connectivity index (χ0) is 17.0. The zero-order valence-electron chi connectivity index (χ0n) is 11.5. The van der Waals surface area contributed by atoms with Gasteiger partial charge in [-0.3, -0.25) is 25.0 Å². The van der Waals surface area contributed by atoms with Gasteiger partial charge in [0.2, 0.25) is 5.75 Å². The Hall–Kier alpha value is -2.81. The highest BCUT2D eigenvalue weighted by Gasteiger charge is 2.20. The summed E-state index contributed by atoms with van der Waals surface area (Å²) in [7, 11) is 0. The molecule has 2 aromatic rings. The Bertz CT molecular complexity index is 775. The number of hydrogen-bond donors (Lipinski definition) is 0. The third-order valence-electron chi connectivity index (χ3n) is 2.88. The van der Waals surface area contributed by atoms with Crippen molar-refractivity contribution < 1.29 is 19.4 Å². The summed E-state index contributed by atoms with van der Waals surface area (Å²) in [5, 5.41) is 21.7. The number of rotatable bonds is 6. The van der Waals surface area contributed by atoms with Crippen LogP contribution in [0.4, 0.5) is 11.4 Å². The molecule has 2 aromatic carbocycles. The van der Waals surface area contributed by atoms with Crippen LogP contribution in [-0.4, -0.2) is 22.2 Å². The number of Topliss-reactive ketones (excluding diaryl/α,β-unsaturated/α-hetero) is 1. The number of nitro groups is 2. The lowest BCUT2D eigenvalue weighted by atomic mass is 10.1. The van der Waals surface area contributed by atoms with Crippen LogP contribution in [0.1, 0.15) is 10.4 Å². The molecule has 0 aliphatic carbocycles. The molecule has 118 valence electrons. The molecule has 8 nitrogen and oxygen atoms in total. The standard InChI is InChI=1S/C14H9BrN2O6/c15-10-3-1-9(2-4-10)13(18)8-23-14-7-11(16(19)20)5-6-12(14)17(21)22/h1-7H,8H2. The van der Waals surface area contributed by atoms with E-state index in [1.807, 2.05) is 0 Å². The molecule has 0 amide bonds. The van der Waals surface area contributed by atoms with Crippen LogP contribution in [0.3, 0.4) is 0 Å². The third kappa shape index (κ3) is 4.10. The molecule has 0 saturated carbocycles. The lowest BCUT2D eigenvalue weighted by Crippen LogP contribution is -2.12. The topological polar surface area (TPSA) is 113 Å². The van der Waals surface area contributed by atoms with E-state index in [0.29, 0.717) is 5.56 Å². The fourth-order valence-corrected chi connectivity index (χ4v) is 2.01. The number of carbonyl (C=O) groups excluding carboxylic acids is 1. The molecule has 0 saturated heterocycles. The maximum atomic E-state index is 12.0. The van der Waals surface area contributed by atoms with Crippen molar-refractivity contribution in [3.8, 4) is 5.75 Å². The zero-order valence-corrected chi connectivity index (χ0v) is 13.1. The number of ketones is 1. The van der Waals surface area contributed by atoms with Gasteiger partial charge in [-0.05, 0) is 12.1 Å². The predicted octanol–water partition coefficient (Wildman–Crippen LogP) is 3.53. The Kier molecular flexibility index (Phi) is 5.02. The second-order valence-corrected chi connectivity index (χ2v) is 5.30. The minimum Gasteiger partial charge on any atom is -0.478 e. The molecule has 2 rings (SSSR count). The maximum Gasteiger partial charge on any atom is 0.311 e. The smallest absolute Gasteiger partial charge is 0.311 e. The number of hydrogen-bond acceptors (Lipinski definition) is 6. The predicted molar refractivity (Wildman–Crippen MR) is 83.7 cm³/mol. The van der Waals surface area contributed by atoms with E-state index >= 15 is 0 Å². The molecule has 0 fully saturated rings. The monoisotopic (exact) mass is 380 g/mol. The number of halogens is 1. The van der Waals surface area contributed by atoms with Gasteiger partial charge in [0, 0.05) is 22.2 Å². The number of nitrogens with zero attached hydrogens (tertiary/aromatic N) is 2. The van der Waals surface area contributed by atoms with Gasteiger partial charge in [0.15, 0.2) is 12.4 Å². The molecule has 0 atom stereocenters. The minimum absolute atomic E-state index is 0.324. The van der Waals surface area contributed by atoms with Crippen LogP contribution < -0.4 is 4.74 Å². The van der Waals surface area contributed by atoms with Crippen LogP contribution >= 0.6 is 15.9 Å². The molecule has 0 radical (unpaired) electrons. The summed E-state index contributed by atoms with van der Waals surface area (Å²) in [6.07, 6.45) is 0. The largest absolute Gasteiger partial charge is 0.478 e. The highest BCUT2D eigenvalue weighted by atomic mass is 79.9. The quantitative estimate of drug-likeness (QED) is 0.430. The van der Waals surface area contributed by atoms with E-state index in [0.717, 1.165) is 22.7 Å². The Balaban J connectivity index is 2.19. The van der Waals surface area contributed by atoms with E-state index < -0.39 is 27.9 Å². The van der Waals surface area contributed by atoms with Crippen molar-refractivity contribution in [2.45, 2.75) is 0 Å². The van der Waals surface area contributed by atoms with Gasteiger partial charge in [0.1, 0.15) is 0 Å². The average Bonchev–Trinajstić information content (AvgIpc) is 2.52. The van der Waals surface area contributed by atoms with Crippen molar-refractivity contribution in [1.82, 2.24) is 0 Å². The molecule has 0 N–H and O–H groups in total. The molecular weight excluding hydrogens is 372 g/mol. The van der Waals surface area contributed by atoms with Crippen LogP contribution in [0.25, 0.3) is 0 Å². The van der Waals surface area contributed by atoms with Crippen molar-refractivity contribution >= 4 is 33.1 Å². The van der Waals surface area contributed by atoms with Gasteiger partial charge >= 0.3 is 5.69 Å². The SMILES string of the molecule is O=C(COc1cc([N+](=O)[O-])ccc1[N+](=O)[O-])c1ccc(Br)cc1. The molecule has 0 aliphatic rings. The first-order valence-corrected chi connectivity index (χ1v) is 7.02. The highest BCUT2D eigenvalue weighted by Crippen LogP contribution is 2.31. The number of nitro benzene ring substituents is 2. The van der Waals surface area contributed by atoms with Crippen molar-refractivity contribution in [3.05, 3.63) is 72.7 Å². The summed E-state index contributed by atoms with van der Waals surface area (Å²) in [4.78, 5) is 32.2. The van der Waals surface area contributed by atoms with E-state index in [1.54, 1.807) is 24.3 Å². The van der Waals surface area contributed by atoms with Gasteiger partial charge in [-0.2, -0.15) is 0 Å². The van der Waals surface area contributed by atoms with Gasteiger partial charge in [0.25, 0.3) is 5.69 Å². The number of ether oxygens (including phenoxy) is 1. The first-order chi connectivity index (χ1) is 10.9. The summed E-state index contributed by atoms with van der Waals surface area (Å²) >= 11 is 3.24. The summed E-state index contributed by atoms with van der Waals surface area (Å²) in [5.74, 6) is -0.729. The number of benzene rings is 2. The van der Waals surface area contributed by atoms with Gasteiger partial charge in [0.05, 0.1) is 15.9 Å². The Morgan fingerprint density at radius 2 is 1.70 bits per heavy atom. The summed E-state index contributed by atoms with van der Waals surface area (Å²) < 4.78 is 5.92. The van der Waals surface area contributed by atoms with E-state index in [4.69, 9.17) is 4.74 Å². The molecular formula is C14H9BrN2O6. The summed E-state index contributed by atoms with van der Waals surface area (Å²) in [6, 6.07) is 9.37. The third-order valence-corrected chi connectivity index (χ3v) is 3.40. The van der Waals surface area contributed by atoms with Crippen molar-refractivity contribution in [3.63, 3.8) is 0 Å². The Morgan fingerprint density at radius 1 is 1.04 bits per heavy atom. The van der Waals surface area contributed by atoms with E-state index in [-0.39, 0.29) is 11.4 Å². The van der Waals surface area contributed by atoms with Crippen molar-refractivity contribution in [1.29, 1.82) is 0 Å². The van der Waals surface area contributed by atoms with Crippen LogP contribution in [0.15, 0.2) is 46.9 Å². The summed E-state index contributed by atoms with van der Waals surface area (Å²) in [5.41, 5.74) is -0.442. The molecule has 0 heterocycles. The molecule has 0 spiro atoms. The van der Waals surface area contributed by atoms with Crippen LogP contribution in [0, 0.1) is 20.2 Å². The fourth-order valence-electron chi connectivity index (χ4n) is 1.75. The van der Waals surface area contributed by atoms with Crippen LogP contribution in [-0.2, 0) is 0 Å². The molecule has 0 aliphatic heterocycles. The lowest BCUT2D eigenvalue weighted by molar-refractivity contribution is -0.389. The van der Waals surface area contributed by atoms with Crippen LogP contribution in [0.2, 0.25) is 0 Å². The van der Waals surface area contributed by atoms with Crippen molar-refractivity contribution in [2.75, 3.05) is 6.61 Å². The van der Waals surface area contributed by atoms with E-state index in [9.17, 15) is 25.0 Å². The first-order valence-electron chi connectivity index (χ1n) is 6.23. The maximum absolute atomic E-state index is 12.0. The van der Waals surface area contributed by atoms with Gasteiger partial charge < -0.3 is 4.74 Å². The molecule has 23 heavy (non-hydrogen) atoms. The second-order valence-electron chi connectivity index (χ2n) is 4.38. The Labute approximate surface area is 138 Å². The molecule has 0 unspecified atom stereocenters. The molecule has 0 bridgehead atoms. The van der Waals surface area contributed by atoms with Crippen LogP contribution in [0.5, 0.6) is 5.75 Å². The van der Waals surface area contributed by atoms with Gasteiger partial charge in [-0.25, -0.2) is 0 Å². The highest BCUT2D eigenvalue weighted by molar-refractivity contribution is 9.10. The first kappa shape index (κ1) is 16.6. The minimum atomic E-state index is -0.733. The van der Waals surface area contributed by atoms with Gasteiger partial charge in [-0.1, -0.05) is 28.1 Å². The number of non-ortho nitro benzene ring substituents is 1. The van der Waals surface area contributed by atoms with Gasteiger partial charge in [-0.15, -0.1) is 0 Å². The fraction of sp³-hybridized carbons (Fsp3) is 0.0714. The second kappa shape index (κ2) is 6.97. The average molecular weight is 381 g/mol. The lowest BCUT2D eigenvalue weighted by Gasteiger charge is -2.06. The number of carbonyl (C=O) groups is 1. The molecule has 0 aromatic heterocycles. The van der Waals surface area contributed by atoms with Crippen molar-refractivity contribution in [2.24, 2.45) is 0 Å². The normalized spacial score (nSPS) is 10.1. The molecule has 9 heteroatoms.